The summed E-state index contributed by atoms with van der Waals surface area (Å²) < 4.78 is 41.2. The summed E-state index contributed by atoms with van der Waals surface area (Å²) in [5, 5.41) is 0. The second-order valence-corrected chi connectivity index (χ2v) is 8.72. The topological polar surface area (TPSA) is 106 Å². The molecule has 0 radical (unpaired) electrons. The fourth-order valence-electron chi connectivity index (χ4n) is 4.26. The molecule has 0 aromatic carbocycles. The summed E-state index contributed by atoms with van der Waals surface area (Å²) in [6.45, 7) is 6.56. The molecule has 200 valence electrons. The number of nitrogens with zero attached hydrogens (tertiary/aromatic N) is 5. The van der Waals surface area contributed by atoms with E-state index < -0.39 is 17.8 Å². The van der Waals surface area contributed by atoms with Crippen molar-refractivity contribution in [1.82, 2.24) is 24.1 Å². The van der Waals surface area contributed by atoms with E-state index >= 15 is 0 Å². The van der Waals surface area contributed by atoms with Crippen LogP contribution in [0.5, 0.6) is 0 Å². The largest absolute Gasteiger partial charge is 0.433 e. The van der Waals surface area contributed by atoms with Gasteiger partial charge in [-0.2, -0.15) is 13.2 Å². The lowest BCUT2D eigenvalue weighted by atomic mass is 10.2. The molecule has 38 heavy (non-hydrogen) atoms. The third-order valence-corrected chi connectivity index (χ3v) is 6.10. The number of aryl methyl sites for hydroxylation is 1. The molecule has 0 atom stereocenters. The molecule has 0 unspecified atom stereocenters. The Balaban J connectivity index is 1.67. The summed E-state index contributed by atoms with van der Waals surface area (Å²) >= 11 is 0. The summed E-state index contributed by atoms with van der Waals surface area (Å²) in [5.41, 5.74) is 0.224. The number of carbonyl (C=O) groups is 1. The summed E-state index contributed by atoms with van der Waals surface area (Å²) in [7, 11) is 0. The van der Waals surface area contributed by atoms with Crippen molar-refractivity contribution < 1.29 is 18.0 Å². The van der Waals surface area contributed by atoms with Crippen LogP contribution in [-0.4, -0.2) is 36.5 Å². The van der Waals surface area contributed by atoms with Gasteiger partial charge in [-0.3, -0.25) is 28.6 Å². The molecule has 0 fully saturated rings. The maximum Gasteiger partial charge on any atom is 0.433 e. The molecular formula is C26H27F3N6O3. The zero-order chi connectivity index (χ0) is 27.6. The van der Waals surface area contributed by atoms with Gasteiger partial charge in [0, 0.05) is 43.3 Å². The fraction of sp³-hybridized carbons (Fsp3) is 0.346. The van der Waals surface area contributed by atoms with Crippen LogP contribution in [-0.2, 0) is 19.3 Å². The first-order valence-corrected chi connectivity index (χ1v) is 12.3. The quantitative estimate of drug-likeness (QED) is 0.364. The van der Waals surface area contributed by atoms with Gasteiger partial charge < -0.3 is 4.98 Å². The van der Waals surface area contributed by atoms with Crippen molar-refractivity contribution in [2.24, 2.45) is 0 Å². The van der Waals surface area contributed by atoms with E-state index in [2.05, 4.69) is 15.0 Å². The number of carbonyl (C=O) groups excluding carboxylic acids is 1. The predicted molar refractivity (Wildman–Crippen MR) is 137 cm³/mol. The van der Waals surface area contributed by atoms with E-state index in [4.69, 9.17) is 0 Å². The van der Waals surface area contributed by atoms with Crippen LogP contribution < -0.4 is 16.1 Å². The van der Waals surface area contributed by atoms with Crippen LogP contribution in [0.2, 0.25) is 0 Å². The van der Waals surface area contributed by atoms with E-state index in [0.29, 0.717) is 54.0 Å². The molecule has 12 heteroatoms. The van der Waals surface area contributed by atoms with E-state index in [9.17, 15) is 27.6 Å². The van der Waals surface area contributed by atoms with E-state index in [-0.39, 0.29) is 23.4 Å². The lowest BCUT2D eigenvalue weighted by molar-refractivity contribution is -0.141. The molecule has 0 aliphatic heterocycles. The Morgan fingerprint density at radius 3 is 2.24 bits per heavy atom. The van der Waals surface area contributed by atoms with Gasteiger partial charge in [-0.1, -0.05) is 13.8 Å². The fourth-order valence-corrected chi connectivity index (χ4v) is 4.26. The van der Waals surface area contributed by atoms with E-state index in [0.717, 1.165) is 18.3 Å². The van der Waals surface area contributed by atoms with Gasteiger partial charge in [0.15, 0.2) is 0 Å². The first-order chi connectivity index (χ1) is 18.1. The number of H-pyrrole nitrogens is 1. The molecule has 0 bridgehead atoms. The average Bonchev–Trinajstić information content (AvgIpc) is 3.35. The number of hydrogen-bond donors (Lipinski definition) is 1. The number of aromatic amines is 1. The number of amides is 1. The number of fused-ring (bicyclic) bond motifs is 1. The van der Waals surface area contributed by atoms with Crippen LogP contribution in [0.3, 0.4) is 0 Å². The van der Waals surface area contributed by atoms with Crippen molar-refractivity contribution in [3.8, 4) is 11.3 Å². The lowest BCUT2D eigenvalue weighted by Crippen LogP contribution is -2.39. The summed E-state index contributed by atoms with van der Waals surface area (Å²) in [6.07, 6.45) is -0.825. The van der Waals surface area contributed by atoms with Crippen LogP contribution in [0, 0.1) is 0 Å². The lowest BCUT2D eigenvalue weighted by Gasteiger charge is -2.20. The Morgan fingerprint density at radius 1 is 0.974 bits per heavy atom. The van der Waals surface area contributed by atoms with Gasteiger partial charge in [-0.15, -0.1) is 0 Å². The third-order valence-electron chi connectivity index (χ3n) is 6.10. The highest BCUT2D eigenvalue weighted by Crippen LogP contribution is 2.28. The van der Waals surface area contributed by atoms with Crippen LogP contribution in [0.25, 0.3) is 22.3 Å². The predicted octanol–water partition coefficient (Wildman–Crippen LogP) is 4.45. The summed E-state index contributed by atoms with van der Waals surface area (Å²) in [4.78, 5) is 51.1. The summed E-state index contributed by atoms with van der Waals surface area (Å²) in [5.74, 6) is -0.245. The van der Waals surface area contributed by atoms with Gasteiger partial charge >= 0.3 is 11.9 Å². The first kappa shape index (κ1) is 26.8. The highest BCUT2D eigenvalue weighted by atomic mass is 19.4. The molecule has 1 amide bonds. The number of anilines is 1. The number of aromatic nitrogens is 5. The second kappa shape index (κ2) is 10.6. The Morgan fingerprint density at radius 2 is 1.68 bits per heavy atom. The van der Waals surface area contributed by atoms with Crippen LogP contribution in [0.1, 0.15) is 49.7 Å². The Kier molecular flexibility index (Phi) is 7.51. The Labute approximate surface area is 215 Å². The minimum atomic E-state index is -4.60. The van der Waals surface area contributed by atoms with Crippen molar-refractivity contribution >= 4 is 22.8 Å². The van der Waals surface area contributed by atoms with E-state index in [1.54, 1.807) is 29.7 Å². The molecule has 9 nitrogen and oxygen atoms in total. The normalized spacial score (nSPS) is 11.7. The maximum atomic E-state index is 13.0. The molecule has 1 N–H and O–H groups in total. The number of alkyl halides is 3. The van der Waals surface area contributed by atoms with Gasteiger partial charge in [-0.25, -0.2) is 9.78 Å². The molecule has 4 aromatic rings. The number of hydrogen-bond acceptors (Lipinski definition) is 5. The minimum absolute atomic E-state index is 0.00130. The zero-order valence-corrected chi connectivity index (χ0v) is 21.2. The standard InChI is InChI=1S/C26H27F3N6O3/c1-4-11-34-19-13-18(32-22(19)24(37)35(12-5-2)25(34)38)16-8-10-21(31-14-16)33(6-3)23(36)17-7-9-20(30-15-17)26(27,28)29/h7-10,13-15,32H,4-6,11-12H2,1-3H3. The van der Waals surface area contributed by atoms with Crippen molar-refractivity contribution in [3.63, 3.8) is 0 Å². The molecule has 0 saturated carbocycles. The van der Waals surface area contributed by atoms with Crippen molar-refractivity contribution in [2.75, 3.05) is 11.4 Å². The molecule has 0 aliphatic rings. The highest BCUT2D eigenvalue weighted by molar-refractivity contribution is 6.05. The minimum Gasteiger partial charge on any atom is -0.349 e. The molecule has 4 rings (SSSR count). The van der Waals surface area contributed by atoms with Gasteiger partial charge in [0.25, 0.3) is 11.5 Å². The molecule has 4 aromatic heterocycles. The SMILES string of the molecule is CCCn1c(=O)c2[nH]c(-c3ccc(N(CC)C(=O)c4ccc(C(F)(F)F)nc4)nc3)cc2n(CCC)c1=O. The monoisotopic (exact) mass is 528 g/mol. The van der Waals surface area contributed by atoms with E-state index in [1.165, 1.54) is 15.7 Å². The zero-order valence-electron chi connectivity index (χ0n) is 21.2. The molecule has 0 spiro atoms. The molecule has 0 saturated heterocycles. The smallest absolute Gasteiger partial charge is 0.349 e. The van der Waals surface area contributed by atoms with Crippen molar-refractivity contribution in [3.05, 3.63) is 74.8 Å². The average molecular weight is 529 g/mol. The number of halogens is 3. The van der Waals surface area contributed by atoms with E-state index in [1.807, 2.05) is 13.8 Å². The Bertz CT molecular complexity index is 1570. The molecule has 4 heterocycles. The van der Waals surface area contributed by atoms with Crippen molar-refractivity contribution in [2.45, 2.75) is 52.9 Å². The van der Waals surface area contributed by atoms with Crippen LogP contribution >= 0.6 is 0 Å². The van der Waals surface area contributed by atoms with Crippen LogP contribution in [0.15, 0.2) is 52.3 Å². The maximum absolute atomic E-state index is 13.0. The second-order valence-electron chi connectivity index (χ2n) is 8.72. The Hall–Kier alpha value is -4.22. The van der Waals surface area contributed by atoms with Gasteiger partial charge in [0.05, 0.1) is 11.1 Å². The van der Waals surface area contributed by atoms with Gasteiger partial charge in [0.1, 0.15) is 17.0 Å². The highest BCUT2D eigenvalue weighted by Gasteiger charge is 2.32. The van der Waals surface area contributed by atoms with Gasteiger partial charge in [-0.05, 0) is 50.1 Å². The first-order valence-electron chi connectivity index (χ1n) is 12.3. The van der Waals surface area contributed by atoms with Crippen LogP contribution in [0.4, 0.5) is 19.0 Å². The third kappa shape index (κ3) is 4.98. The molecular weight excluding hydrogens is 501 g/mol. The number of pyridine rings is 2. The van der Waals surface area contributed by atoms with Crippen molar-refractivity contribution in [1.29, 1.82) is 0 Å². The summed E-state index contributed by atoms with van der Waals surface area (Å²) in [6, 6.07) is 6.90. The molecule has 0 aliphatic carbocycles. The van der Waals surface area contributed by atoms with Gasteiger partial charge in [0.2, 0.25) is 0 Å². The number of nitrogens with one attached hydrogen (secondary N) is 1. The number of rotatable bonds is 8.